The molecule has 4 rings (SSSR count). The van der Waals surface area contributed by atoms with Gasteiger partial charge in [-0.3, -0.25) is 9.52 Å². The summed E-state index contributed by atoms with van der Waals surface area (Å²) in [4.78, 5) is 12.7. The van der Waals surface area contributed by atoms with E-state index in [4.69, 9.17) is 11.6 Å². The Morgan fingerprint density at radius 2 is 1.50 bits per heavy atom. The number of anilines is 2. The Labute approximate surface area is 203 Å². The molecule has 34 heavy (non-hydrogen) atoms. The molecule has 2 N–H and O–H groups in total. The number of amides is 1. The third kappa shape index (κ3) is 5.25. The van der Waals surface area contributed by atoms with Gasteiger partial charge in [0.1, 0.15) is 0 Å². The molecule has 1 aliphatic heterocycles. The summed E-state index contributed by atoms with van der Waals surface area (Å²) in [6.45, 7) is 0.990. The van der Waals surface area contributed by atoms with Crippen LogP contribution in [-0.2, 0) is 20.0 Å². The maximum Gasteiger partial charge on any atom is 0.262 e. The number of nitrogens with one attached hydrogen (secondary N) is 2. The molecule has 3 aromatic rings. The molecule has 0 spiro atoms. The van der Waals surface area contributed by atoms with Crippen LogP contribution in [0.2, 0.25) is 5.02 Å². The second-order valence-corrected chi connectivity index (χ2v) is 11.7. The predicted molar refractivity (Wildman–Crippen MR) is 131 cm³/mol. The second-order valence-electron chi connectivity index (χ2n) is 7.70. The van der Waals surface area contributed by atoms with Crippen molar-refractivity contribution in [3.63, 3.8) is 0 Å². The normalized spacial score (nSPS) is 14.6. The molecule has 3 aromatic carbocycles. The molecule has 1 heterocycles. The zero-order chi connectivity index (χ0) is 24.3. The molecular weight excluding hydrogens is 498 g/mol. The highest BCUT2D eigenvalue weighted by Gasteiger charge is 2.27. The van der Waals surface area contributed by atoms with Crippen LogP contribution in [0, 0.1) is 0 Å². The molecular formula is C23H22ClN3O5S2. The molecule has 8 nitrogen and oxygen atoms in total. The smallest absolute Gasteiger partial charge is 0.262 e. The van der Waals surface area contributed by atoms with E-state index in [-0.39, 0.29) is 31.8 Å². The minimum absolute atomic E-state index is 0.0581. The predicted octanol–water partition coefficient (Wildman–Crippen LogP) is 4.18. The molecule has 1 amide bonds. The lowest BCUT2D eigenvalue weighted by Gasteiger charge is -2.15. The molecule has 178 valence electrons. The van der Waals surface area contributed by atoms with Gasteiger partial charge in [0.2, 0.25) is 10.0 Å². The summed E-state index contributed by atoms with van der Waals surface area (Å²) in [6.07, 6.45) is 1.67. The topological polar surface area (TPSA) is 113 Å². The van der Waals surface area contributed by atoms with Crippen LogP contribution < -0.4 is 10.0 Å². The van der Waals surface area contributed by atoms with Crippen molar-refractivity contribution < 1.29 is 21.6 Å². The van der Waals surface area contributed by atoms with Gasteiger partial charge in [0.05, 0.1) is 20.5 Å². The number of hydrogen-bond acceptors (Lipinski definition) is 5. The summed E-state index contributed by atoms with van der Waals surface area (Å²) in [5, 5.41) is 2.90. The van der Waals surface area contributed by atoms with Gasteiger partial charge in [-0.05, 0) is 67.4 Å². The standard InChI is InChI=1S/C23H22ClN3O5S2/c24-21-8-1-2-9-22(21)26-33(29,30)20-7-5-6-18(16-20)25-23(28)17-10-12-19(13-11-17)34(31,32)27-14-3-4-15-27/h1-2,5-13,16,26H,3-4,14-15H2,(H,25,28). The van der Waals surface area contributed by atoms with E-state index in [0.29, 0.717) is 13.1 Å². The van der Waals surface area contributed by atoms with E-state index in [1.54, 1.807) is 30.3 Å². The number of carbonyl (C=O) groups is 1. The Morgan fingerprint density at radius 1 is 0.824 bits per heavy atom. The molecule has 1 saturated heterocycles. The van der Waals surface area contributed by atoms with Gasteiger partial charge in [-0.25, -0.2) is 16.8 Å². The van der Waals surface area contributed by atoms with E-state index in [1.807, 2.05) is 0 Å². The van der Waals surface area contributed by atoms with Gasteiger partial charge in [0, 0.05) is 24.3 Å². The van der Waals surface area contributed by atoms with Crippen LogP contribution in [-0.4, -0.2) is 40.1 Å². The summed E-state index contributed by atoms with van der Waals surface area (Å²) in [5.74, 6) is -0.501. The second kappa shape index (κ2) is 9.75. The molecule has 0 unspecified atom stereocenters. The number of rotatable bonds is 7. The number of para-hydroxylation sites is 1. The summed E-state index contributed by atoms with van der Waals surface area (Å²) >= 11 is 6.04. The molecule has 0 saturated carbocycles. The zero-order valence-electron chi connectivity index (χ0n) is 17.9. The third-order valence-corrected chi connectivity index (χ3v) is 8.95. The first-order chi connectivity index (χ1) is 16.2. The Bertz CT molecular complexity index is 1420. The van der Waals surface area contributed by atoms with Crippen LogP contribution in [0.15, 0.2) is 82.6 Å². The van der Waals surface area contributed by atoms with Crippen molar-refractivity contribution in [2.75, 3.05) is 23.1 Å². The fourth-order valence-corrected chi connectivity index (χ4v) is 6.43. The number of sulfonamides is 2. The SMILES string of the molecule is O=C(Nc1cccc(S(=O)(=O)Nc2ccccc2Cl)c1)c1ccc(S(=O)(=O)N2CCCC2)cc1. The van der Waals surface area contributed by atoms with Gasteiger partial charge < -0.3 is 5.32 Å². The first-order valence-electron chi connectivity index (χ1n) is 10.5. The van der Waals surface area contributed by atoms with Crippen LogP contribution >= 0.6 is 11.6 Å². The highest BCUT2D eigenvalue weighted by molar-refractivity contribution is 7.92. The number of nitrogens with zero attached hydrogens (tertiary/aromatic N) is 1. The van der Waals surface area contributed by atoms with Gasteiger partial charge in [-0.1, -0.05) is 29.8 Å². The van der Waals surface area contributed by atoms with Gasteiger partial charge in [0.15, 0.2) is 0 Å². The number of benzene rings is 3. The van der Waals surface area contributed by atoms with E-state index < -0.39 is 26.0 Å². The molecule has 0 aliphatic carbocycles. The fourth-order valence-electron chi connectivity index (χ4n) is 3.55. The van der Waals surface area contributed by atoms with Crippen molar-refractivity contribution in [3.8, 4) is 0 Å². The van der Waals surface area contributed by atoms with Crippen molar-refractivity contribution in [1.82, 2.24) is 4.31 Å². The van der Waals surface area contributed by atoms with Crippen LogP contribution in [0.1, 0.15) is 23.2 Å². The van der Waals surface area contributed by atoms with E-state index >= 15 is 0 Å². The van der Waals surface area contributed by atoms with Gasteiger partial charge >= 0.3 is 0 Å². The monoisotopic (exact) mass is 519 g/mol. The minimum Gasteiger partial charge on any atom is -0.322 e. The van der Waals surface area contributed by atoms with Crippen molar-refractivity contribution in [3.05, 3.63) is 83.4 Å². The maximum atomic E-state index is 12.8. The number of hydrogen-bond donors (Lipinski definition) is 2. The van der Waals surface area contributed by atoms with E-state index in [2.05, 4.69) is 10.0 Å². The summed E-state index contributed by atoms with van der Waals surface area (Å²) < 4.78 is 54.7. The Hall–Kier alpha value is -2.92. The molecule has 1 fully saturated rings. The lowest BCUT2D eigenvalue weighted by Crippen LogP contribution is -2.27. The molecule has 11 heteroatoms. The molecule has 1 aliphatic rings. The summed E-state index contributed by atoms with van der Waals surface area (Å²) in [7, 11) is -7.52. The zero-order valence-corrected chi connectivity index (χ0v) is 20.3. The minimum atomic E-state index is -3.95. The molecule has 0 aromatic heterocycles. The molecule has 0 radical (unpaired) electrons. The van der Waals surface area contributed by atoms with Crippen molar-refractivity contribution in [2.45, 2.75) is 22.6 Å². The number of carbonyl (C=O) groups excluding carboxylic acids is 1. The molecule has 0 atom stereocenters. The molecule has 0 bridgehead atoms. The van der Waals surface area contributed by atoms with E-state index in [1.165, 1.54) is 46.8 Å². The average Bonchev–Trinajstić information content (AvgIpc) is 3.37. The average molecular weight is 520 g/mol. The Balaban J connectivity index is 1.48. The Morgan fingerprint density at radius 3 is 2.18 bits per heavy atom. The van der Waals surface area contributed by atoms with Crippen LogP contribution in [0.5, 0.6) is 0 Å². The third-order valence-electron chi connectivity index (χ3n) is 5.34. The fraction of sp³-hybridized carbons (Fsp3) is 0.174. The quantitative estimate of drug-likeness (QED) is 0.486. The van der Waals surface area contributed by atoms with Crippen LogP contribution in [0.3, 0.4) is 0 Å². The van der Waals surface area contributed by atoms with E-state index in [9.17, 15) is 21.6 Å². The Kier molecular flexibility index (Phi) is 6.94. The van der Waals surface area contributed by atoms with Crippen molar-refractivity contribution >= 4 is 48.9 Å². The van der Waals surface area contributed by atoms with Crippen molar-refractivity contribution in [2.24, 2.45) is 0 Å². The maximum absolute atomic E-state index is 12.8. The highest BCUT2D eigenvalue weighted by atomic mass is 35.5. The van der Waals surface area contributed by atoms with Crippen molar-refractivity contribution in [1.29, 1.82) is 0 Å². The van der Waals surface area contributed by atoms with Gasteiger partial charge in [0.25, 0.3) is 15.9 Å². The summed E-state index contributed by atoms with van der Waals surface area (Å²) in [6, 6.07) is 17.9. The van der Waals surface area contributed by atoms with E-state index in [0.717, 1.165) is 12.8 Å². The van der Waals surface area contributed by atoms with Gasteiger partial charge in [-0.2, -0.15) is 4.31 Å². The van der Waals surface area contributed by atoms with Crippen LogP contribution in [0.4, 0.5) is 11.4 Å². The summed E-state index contributed by atoms with van der Waals surface area (Å²) in [5.41, 5.74) is 0.742. The highest BCUT2D eigenvalue weighted by Crippen LogP contribution is 2.25. The lowest BCUT2D eigenvalue weighted by atomic mass is 10.2. The lowest BCUT2D eigenvalue weighted by molar-refractivity contribution is 0.102. The first-order valence-corrected chi connectivity index (χ1v) is 13.8. The number of halogens is 1. The van der Waals surface area contributed by atoms with Crippen LogP contribution in [0.25, 0.3) is 0 Å². The first kappa shape index (κ1) is 24.2. The largest absolute Gasteiger partial charge is 0.322 e. The van der Waals surface area contributed by atoms with Gasteiger partial charge in [-0.15, -0.1) is 0 Å².